The van der Waals surface area contributed by atoms with E-state index >= 15 is 0 Å². The van der Waals surface area contributed by atoms with Crippen molar-refractivity contribution in [1.29, 1.82) is 0 Å². The molecule has 0 spiro atoms. The maximum atomic E-state index is 3.79. The number of hydrogen-bond acceptors (Lipinski definition) is 1. The van der Waals surface area contributed by atoms with Crippen LogP contribution in [0.5, 0.6) is 0 Å². The Hall–Kier alpha value is -1.54. The second-order valence-electron chi connectivity index (χ2n) is 6.09. The summed E-state index contributed by atoms with van der Waals surface area (Å²) in [6, 6.07) is 15.9. The van der Waals surface area contributed by atoms with Gasteiger partial charge in [0.1, 0.15) is 0 Å². The fraction of sp³-hybridized carbons (Fsp3) is 0.263. The van der Waals surface area contributed by atoms with Crippen molar-refractivity contribution in [3.05, 3.63) is 75.8 Å². The lowest BCUT2D eigenvalue weighted by Gasteiger charge is -2.38. The van der Waals surface area contributed by atoms with Crippen molar-refractivity contribution < 1.29 is 0 Å². The van der Waals surface area contributed by atoms with Gasteiger partial charge in [-0.25, -0.2) is 0 Å². The molecule has 0 aromatic heterocycles. The molecule has 0 radical (unpaired) electrons. The van der Waals surface area contributed by atoms with Crippen LogP contribution < -0.4 is 5.32 Å². The molecule has 0 bridgehead atoms. The van der Waals surface area contributed by atoms with Crippen molar-refractivity contribution in [2.24, 2.45) is 5.92 Å². The molecule has 1 aliphatic carbocycles. The molecule has 0 unspecified atom stereocenters. The van der Waals surface area contributed by atoms with E-state index < -0.39 is 0 Å². The normalized spacial score (nSPS) is 26.1. The molecular formula is C19H18BrN. The number of allylic oxidation sites excluding steroid dienone is 2. The van der Waals surface area contributed by atoms with Gasteiger partial charge in [-0.3, -0.25) is 0 Å². The van der Waals surface area contributed by atoms with Crippen LogP contribution in [0, 0.1) is 12.8 Å². The van der Waals surface area contributed by atoms with E-state index in [1.165, 1.54) is 22.4 Å². The van der Waals surface area contributed by atoms with E-state index in [1.54, 1.807) is 0 Å². The summed E-state index contributed by atoms with van der Waals surface area (Å²) in [7, 11) is 0. The third-order valence-corrected chi connectivity index (χ3v) is 5.44. The fourth-order valence-electron chi connectivity index (χ4n) is 3.69. The minimum Gasteiger partial charge on any atom is -0.377 e. The third kappa shape index (κ3) is 2.13. The van der Waals surface area contributed by atoms with Gasteiger partial charge >= 0.3 is 0 Å². The minimum atomic E-state index is 0.386. The number of rotatable bonds is 1. The van der Waals surface area contributed by atoms with Crippen molar-refractivity contribution in [1.82, 2.24) is 0 Å². The summed E-state index contributed by atoms with van der Waals surface area (Å²) < 4.78 is 1.16. The van der Waals surface area contributed by atoms with Gasteiger partial charge in [0.05, 0.1) is 11.7 Å². The van der Waals surface area contributed by atoms with E-state index in [0.29, 0.717) is 17.9 Å². The quantitative estimate of drug-likeness (QED) is 0.668. The number of nitrogens with one attached hydrogen (secondary N) is 1. The van der Waals surface area contributed by atoms with Gasteiger partial charge in [-0.05, 0) is 52.4 Å². The van der Waals surface area contributed by atoms with Gasteiger partial charge in [-0.15, -0.1) is 0 Å². The van der Waals surface area contributed by atoms with Crippen molar-refractivity contribution in [2.75, 3.05) is 5.32 Å². The van der Waals surface area contributed by atoms with Crippen LogP contribution in [0.3, 0.4) is 0 Å². The van der Waals surface area contributed by atoms with E-state index in [9.17, 15) is 0 Å². The van der Waals surface area contributed by atoms with Crippen molar-refractivity contribution in [2.45, 2.75) is 25.3 Å². The summed E-state index contributed by atoms with van der Waals surface area (Å²) in [5.41, 5.74) is 5.39. The molecule has 2 aromatic carbocycles. The van der Waals surface area contributed by atoms with Gasteiger partial charge in [0.25, 0.3) is 0 Å². The smallest absolute Gasteiger partial charge is 0.0554 e. The molecule has 3 atom stereocenters. The standard InChI is InChI=1S/C19H18BrN/c1-12-8-10-13(11-9-12)18-15-5-2-4-14(15)16-6-3-7-17(20)19(16)21-18/h2-4,6-11,14-15,18,21H,5H2,1H3/t14-,15+,18-/m0/s1. The Balaban J connectivity index is 1.81. The van der Waals surface area contributed by atoms with Crippen LogP contribution in [-0.2, 0) is 0 Å². The Labute approximate surface area is 134 Å². The SMILES string of the molecule is Cc1ccc([C@@H]2Nc3c(Br)cccc3[C@H]3C=CC[C@H]32)cc1. The molecule has 0 saturated carbocycles. The number of anilines is 1. The average molecular weight is 340 g/mol. The number of fused-ring (bicyclic) bond motifs is 3. The number of halogens is 1. The first-order valence-electron chi connectivity index (χ1n) is 7.52. The van der Waals surface area contributed by atoms with Gasteiger partial charge < -0.3 is 5.32 Å². The predicted molar refractivity (Wildman–Crippen MR) is 91.7 cm³/mol. The number of para-hydroxylation sites is 1. The largest absolute Gasteiger partial charge is 0.377 e. The summed E-state index contributed by atoms with van der Waals surface area (Å²) in [5.74, 6) is 1.15. The highest BCUT2D eigenvalue weighted by Crippen LogP contribution is 2.51. The lowest BCUT2D eigenvalue weighted by Crippen LogP contribution is -2.29. The molecule has 0 fully saturated rings. The Kier molecular flexibility index (Phi) is 3.15. The summed E-state index contributed by atoms with van der Waals surface area (Å²) in [6.45, 7) is 2.14. The molecule has 0 amide bonds. The second kappa shape index (κ2) is 5.03. The van der Waals surface area contributed by atoms with E-state index in [4.69, 9.17) is 0 Å². The maximum Gasteiger partial charge on any atom is 0.0554 e. The van der Waals surface area contributed by atoms with Gasteiger partial charge in [0.15, 0.2) is 0 Å². The third-order valence-electron chi connectivity index (χ3n) is 4.78. The van der Waals surface area contributed by atoms with Crippen molar-refractivity contribution in [3.63, 3.8) is 0 Å². The first-order valence-corrected chi connectivity index (χ1v) is 8.31. The topological polar surface area (TPSA) is 12.0 Å². The highest BCUT2D eigenvalue weighted by atomic mass is 79.9. The zero-order valence-electron chi connectivity index (χ0n) is 12.0. The zero-order valence-corrected chi connectivity index (χ0v) is 13.6. The zero-order chi connectivity index (χ0) is 14.4. The number of hydrogen-bond donors (Lipinski definition) is 1. The predicted octanol–water partition coefficient (Wildman–Crippen LogP) is 5.58. The van der Waals surface area contributed by atoms with Crippen LogP contribution >= 0.6 is 15.9 Å². The summed E-state index contributed by atoms with van der Waals surface area (Å²) in [5, 5.41) is 3.79. The Morgan fingerprint density at radius 3 is 2.71 bits per heavy atom. The van der Waals surface area contributed by atoms with Gasteiger partial charge in [-0.2, -0.15) is 0 Å². The van der Waals surface area contributed by atoms with Crippen LogP contribution in [-0.4, -0.2) is 0 Å². The lowest BCUT2D eigenvalue weighted by atomic mass is 9.77. The second-order valence-corrected chi connectivity index (χ2v) is 6.94. The molecule has 1 N–H and O–H groups in total. The highest BCUT2D eigenvalue weighted by molar-refractivity contribution is 9.10. The van der Waals surface area contributed by atoms with E-state index in [-0.39, 0.29) is 0 Å². The number of aryl methyl sites for hydroxylation is 1. The highest BCUT2D eigenvalue weighted by Gasteiger charge is 2.38. The van der Waals surface area contributed by atoms with Gasteiger partial charge in [0.2, 0.25) is 0 Å². The summed E-state index contributed by atoms with van der Waals surface area (Å²) >= 11 is 3.70. The van der Waals surface area contributed by atoms with Gasteiger partial charge in [0, 0.05) is 10.4 Å². The summed E-state index contributed by atoms with van der Waals surface area (Å²) in [6.07, 6.45) is 5.88. The van der Waals surface area contributed by atoms with Crippen LogP contribution in [0.1, 0.15) is 35.1 Å². The Morgan fingerprint density at radius 1 is 1.10 bits per heavy atom. The first kappa shape index (κ1) is 13.1. The molecule has 1 heterocycles. The summed E-state index contributed by atoms with van der Waals surface area (Å²) in [4.78, 5) is 0. The molecule has 2 aliphatic rings. The van der Waals surface area contributed by atoms with E-state index in [0.717, 1.165) is 10.9 Å². The molecular weight excluding hydrogens is 322 g/mol. The molecule has 21 heavy (non-hydrogen) atoms. The van der Waals surface area contributed by atoms with E-state index in [2.05, 4.69) is 82.8 Å². The van der Waals surface area contributed by atoms with Crippen LogP contribution in [0.2, 0.25) is 0 Å². The monoisotopic (exact) mass is 339 g/mol. The first-order chi connectivity index (χ1) is 10.2. The fourth-order valence-corrected chi connectivity index (χ4v) is 4.18. The molecule has 1 nitrogen and oxygen atoms in total. The average Bonchev–Trinajstić information content (AvgIpc) is 2.98. The molecule has 0 saturated heterocycles. The van der Waals surface area contributed by atoms with Crippen molar-refractivity contribution in [3.8, 4) is 0 Å². The number of benzene rings is 2. The van der Waals surface area contributed by atoms with Crippen LogP contribution in [0.15, 0.2) is 59.1 Å². The maximum absolute atomic E-state index is 3.79. The minimum absolute atomic E-state index is 0.386. The molecule has 106 valence electrons. The molecule has 1 aliphatic heterocycles. The lowest BCUT2D eigenvalue weighted by molar-refractivity contribution is 0.425. The molecule has 2 heteroatoms. The van der Waals surface area contributed by atoms with Crippen LogP contribution in [0.25, 0.3) is 0 Å². The Bertz CT molecular complexity index is 702. The van der Waals surface area contributed by atoms with Crippen molar-refractivity contribution >= 4 is 21.6 Å². The van der Waals surface area contributed by atoms with Crippen LogP contribution in [0.4, 0.5) is 5.69 Å². The van der Waals surface area contributed by atoms with Gasteiger partial charge in [-0.1, -0.05) is 54.1 Å². The molecule has 4 rings (SSSR count). The molecule has 2 aromatic rings. The van der Waals surface area contributed by atoms with E-state index in [1.807, 2.05) is 0 Å². The Morgan fingerprint density at radius 2 is 1.90 bits per heavy atom.